The molecule has 1 atom stereocenters. The lowest BCUT2D eigenvalue weighted by Gasteiger charge is -2.20. The molecule has 0 aliphatic carbocycles. The van der Waals surface area contributed by atoms with Gasteiger partial charge in [-0.15, -0.1) is 0 Å². The maximum atomic E-state index is 5.62. The molecule has 0 spiro atoms. The van der Waals surface area contributed by atoms with E-state index < -0.39 is 0 Å². The predicted molar refractivity (Wildman–Crippen MR) is 82.8 cm³/mol. The molecular weight excluding hydrogens is 240 g/mol. The molecule has 0 amide bonds. The van der Waals surface area contributed by atoms with E-state index in [0.717, 1.165) is 13.1 Å². The van der Waals surface area contributed by atoms with E-state index in [-0.39, 0.29) is 0 Å². The third kappa shape index (κ3) is 6.12. The van der Waals surface area contributed by atoms with E-state index in [4.69, 9.17) is 18.0 Å². The molecule has 0 fully saturated rings. The Morgan fingerprint density at radius 3 is 2.56 bits per heavy atom. The van der Waals surface area contributed by atoms with Crippen LogP contribution < -0.4 is 5.73 Å². The molecule has 1 aromatic carbocycles. The highest BCUT2D eigenvalue weighted by Gasteiger charge is 2.08. The molecule has 1 aromatic rings. The summed E-state index contributed by atoms with van der Waals surface area (Å²) in [5.41, 5.74) is 7.05. The van der Waals surface area contributed by atoms with Gasteiger partial charge in [-0.1, -0.05) is 49.5 Å². The fraction of sp³-hybridized carbons (Fsp3) is 0.533. The summed E-state index contributed by atoms with van der Waals surface area (Å²) in [4.78, 5) is 2.93. The topological polar surface area (TPSA) is 29.3 Å². The standard InChI is InChI=1S/C15H24N2S/c1-13(15(16)18)12-17(2)11-7-6-10-14-8-4-3-5-9-14/h3-5,8-9,13H,6-7,10-12H2,1-2H3,(H2,16,18). The third-order valence-electron chi connectivity index (χ3n) is 3.17. The highest BCUT2D eigenvalue weighted by atomic mass is 32.1. The van der Waals surface area contributed by atoms with Crippen LogP contribution in [0.25, 0.3) is 0 Å². The van der Waals surface area contributed by atoms with Crippen molar-refractivity contribution in [1.82, 2.24) is 4.90 Å². The van der Waals surface area contributed by atoms with Crippen molar-refractivity contribution in [3.05, 3.63) is 35.9 Å². The minimum Gasteiger partial charge on any atom is -0.393 e. The lowest BCUT2D eigenvalue weighted by atomic mass is 10.1. The summed E-state index contributed by atoms with van der Waals surface area (Å²) >= 11 is 4.99. The van der Waals surface area contributed by atoms with Gasteiger partial charge >= 0.3 is 0 Å². The summed E-state index contributed by atoms with van der Waals surface area (Å²) in [6.45, 7) is 4.16. The first kappa shape index (κ1) is 15.1. The molecule has 100 valence electrons. The Morgan fingerprint density at radius 2 is 1.94 bits per heavy atom. The van der Waals surface area contributed by atoms with Crippen LogP contribution in [0.15, 0.2) is 30.3 Å². The third-order valence-corrected chi connectivity index (χ3v) is 3.57. The van der Waals surface area contributed by atoms with E-state index in [0.29, 0.717) is 10.9 Å². The molecular formula is C15H24N2S. The number of rotatable bonds is 8. The Labute approximate surface area is 116 Å². The van der Waals surface area contributed by atoms with Crippen molar-refractivity contribution in [1.29, 1.82) is 0 Å². The van der Waals surface area contributed by atoms with Crippen LogP contribution >= 0.6 is 12.2 Å². The number of hydrogen-bond acceptors (Lipinski definition) is 2. The minimum absolute atomic E-state index is 0.305. The summed E-state index contributed by atoms with van der Waals surface area (Å²) in [7, 11) is 2.14. The predicted octanol–water partition coefficient (Wildman–Crippen LogP) is 2.86. The molecule has 18 heavy (non-hydrogen) atoms. The number of nitrogens with two attached hydrogens (primary N) is 1. The largest absolute Gasteiger partial charge is 0.393 e. The number of thiocarbonyl (C=S) groups is 1. The molecule has 0 radical (unpaired) electrons. The summed E-state index contributed by atoms with van der Waals surface area (Å²) in [6.07, 6.45) is 3.62. The zero-order valence-corrected chi connectivity index (χ0v) is 12.2. The second-order valence-electron chi connectivity index (χ2n) is 5.01. The molecule has 0 aromatic heterocycles. The van der Waals surface area contributed by atoms with E-state index in [2.05, 4.69) is 49.2 Å². The van der Waals surface area contributed by atoms with Gasteiger partial charge in [-0.3, -0.25) is 0 Å². The van der Waals surface area contributed by atoms with Crippen LogP contribution in [0.4, 0.5) is 0 Å². The monoisotopic (exact) mass is 264 g/mol. The zero-order valence-electron chi connectivity index (χ0n) is 11.4. The second-order valence-corrected chi connectivity index (χ2v) is 5.48. The highest BCUT2D eigenvalue weighted by Crippen LogP contribution is 2.06. The summed E-state index contributed by atoms with van der Waals surface area (Å²) < 4.78 is 0. The molecule has 3 heteroatoms. The molecule has 0 saturated heterocycles. The molecule has 0 saturated carbocycles. The van der Waals surface area contributed by atoms with Gasteiger partial charge in [0.1, 0.15) is 0 Å². The van der Waals surface area contributed by atoms with E-state index in [1.165, 1.54) is 24.8 Å². The molecule has 1 unspecified atom stereocenters. The Bertz CT molecular complexity index is 351. The van der Waals surface area contributed by atoms with Crippen molar-refractivity contribution >= 4 is 17.2 Å². The second kappa shape index (κ2) is 8.22. The van der Waals surface area contributed by atoms with Crippen LogP contribution in [0, 0.1) is 5.92 Å². The quantitative estimate of drug-likeness (QED) is 0.578. The fourth-order valence-corrected chi connectivity index (χ4v) is 2.08. The first-order valence-corrected chi connectivity index (χ1v) is 7.02. The Kier molecular flexibility index (Phi) is 6.91. The SMILES string of the molecule is CC(CN(C)CCCCc1ccccc1)C(N)=S. The van der Waals surface area contributed by atoms with Gasteiger partial charge in [0.05, 0.1) is 4.99 Å². The van der Waals surface area contributed by atoms with Crippen molar-refractivity contribution in [2.45, 2.75) is 26.2 Å². The van der Waals surface area contributed by atoms with Crippen molar-refractivity contribution in [3.8, 4) is 0 Å². The molecule has 0 aliphatic heterocycles. The highest BCUT2D eigenvalue weighted by molar-refractivity contribution is 7.80. The molecule has 0 heterocycles. The smallest absolute Gasteiger partial charge is 0.0768 e. The van der Waals surface area contributed by atoms with Gasteiger partial charge in [0.25, 0.3) is 0 Å². The first-order chi connectivity index (χ1) is 8.59. The molecule has 1 rings (SSSR count). The van der Waals surface area contributed by atoms with Crippen LogP contribution in [0.1, 0.15) is 25.3 Å². The molecule has 2 nitrogen and oxygen atoms in total. The van der Waals surface area contributed by atoms with Crippen LogP contribution in [-0.4, -0.2) is 30.0 Å². The van der Waals surface area contributed by atoms with Crippen LogP contribution in [-0.2, 0) is 6.42 Å². The maximum absolute atomic E-state index is 5.62. The number of nitrogens with zero attached hydrogens (tertiary/aromatic N) is 1. The van der Waals surface area contributed by atoms with Gasteiger partial charge in [-0.2, -0.15) is 0 Å². The van der Waals surface area contributed by atoms with Crippen molar-refractivity contribution in [3.63, 3.8) is 0 Å². The van der Waals surface area contributed by atoms with Crippen molar-refractivity contribution in [2.24, 2.45) is 11.7 Å². The van der Waals surface area contributed by atoms with Crippen LogP contribution in [0.3, 0.4) is 0 Å². The Balaban J connectivity index is 2.12. The van der Waals surface area contributed by atoms with E-state index in [1.807, 2.05) is 0 Å². The number of aryl methyl sites for hydroxylation is 1. The van der Waals surface area contributed by atoms with Gasteiger partial charge in [0, 0.05) is 12.5 Å². The van der Waals surface area contributed by atoms with Gasteiger partial charge in [-0.05, 0) is 38.4 Å². The van der Waals surface area contributed by atoms with Gasteiger partial charge in [0.2, 0.25) is 0 Å². The Hall–Kier alpha value is -0.930. The molecule has 0 bridgehead atoms. The number of benzene rings is 1. The van der Waals surface area contributed by atoms with E-state index in [9.17, 15) is 0 Å². The fourth-order valence-electron chi connectivity index (χ4n) is 2.00. The summed E-state index contributed by atoms with van der Waals surface area (Å²) in [5, 5.41) is 0. The summed E-state index contributed by atoms with van der Waals surface area (Å²) in [6, 6.07) is 10.7. The Morgan fingerprint density at radius 1 is 1.28 bits per heavy atom. The minimum atomic E-state index is 0.305. The lowest BCUT2D eigenvalue weighted by Crippen LogP contribution is -2.32. The van der Waals surface area contributed by atoms with E-state index >= 15 is 0 Å². The normalized spacial score (nSPS) is 12.6. The van der Waals surface area contributed by atoms with Gasteiger partial charge in [0.15, 0.2) is 0 Å². The van der Waals surface area contributed by atoms with Crippen molar-refractivity contribution in [2.75, 3.05) is 20.1 Å². The maximum Gasteiger partial charge on any atom is 0.0768 e. The van der Waals surface area contributed by atoms with Crippen LogP contribution in [0.5, 0.6) is 0 Å². The van der Waals surface area contributed by atoms with Crippen LogP contribution in [0.2, 0.25) is 0 Å². The van der Waals surface area contributed by atoms with Gasteiger partial charge in [-0.25, -0.2) is 0 Å². The molecule has 0 aliphatic rings. The zero-order chi connectivity index (χ0) is 13.4. The van der Waals surface area contributed by atoms with Gasteiger partial charge < -0.3 is 10.6 Å². The average Bonchev–Trinajstić information content (AvgIpc) is 2.35. The first-order valence-electron chi connectivity index (χ1n) is 6.61. The van der Waals surface area contributed by atoms with Crippen molar-refractivity contribution < 1.29 is 0 Å². The number of hydrogen-bond donors (Lipinski definition) is 1. The number of unbranched alkanes of at least 4 members (excludes halogenated alkanes) is 1. The summed E-state index contributed by atoms with van der Waals surface area (Å²) in [5.74, 6) is 0.305. The average molecular weight is 264 g/mol. The lowest BCUT2D eigenvalue weighted by molar-refractivity contribution is 0.308. The molecule has 2 N–H and O–H groups in total. The van der Waals surface area contributed by atoms with E-state index in [1.54, 1.807) is 0 Å².